The molecule has 0 saturated heterocycles. The van der Waals surface area contributed by atoms with Gasteiger partial charge in [0.1, 0.15) is 0 Å². The van der Waals surface area contributed by atoms with Crippen molar-refractivity contribution in [2.24, 2.45) is 5.41 Å². The fourth-order valence-corrected chi connectivity index (χ4v) is 3.17. The molecule has 23 heavy (non-hydrogen) atoms. The van der Waals surface area contributed by atoms with Crippen LogP contribution >= 0.6 is 0 Å². The van der Waals surface area contributed by atoms with Crippen molar-refractivity contribution >= 4 is 0 Å². The second-order valence-electron chi connectivity index (χ2n) is 6.22. The van der Waals surface area contributed by atoms with Crippen LogP contribution < -0.4 is 0 Å². The first-order chi connectivity index (χ1) is 10.9. The van der Waals surface area contributed by atoms with Gasteiger partial charge in [-0.2, -0.15) is 0 Å². The van der Waals surface area contributed by atoms with E-state index in [0.29, 0.717) is 0 Å². The van der Waals surface area contributed by atoms with Gasteiger partial charge in [0.25, 0.3) is 0 Å². The molecule has 1 aliphatic carbocycles. The zero-order valence-electron chi connectivity index (χ0n) is 14.3. The third kappa shape index (κ3) is 3.84. The first kappa shape index (κ1) is 17.8. The second kappa shape index (κ2) is 7.32. The Morgan fingerprint density at radius 3 is 1.48 bits per heavy atom. The molecule has 2 aromatic rings. The van der Waals surface area contributed by atoms with E-state index in [4.69, 9.17) is 0 Å². The van der Waals surface area contributed by atoms with E-state index in [2.05, 4.69) is 62.9 Å². The van der Waals surface area contributed by atoms with E-state index < -0.39 is 0 Å². The molecule has 0 radical (unpaired) electrons. The van der Waals surface area contributed by atoms with E-state index in [-0.39, 0.29) is 5.41 Å². The minimum absolute atomic E-state index is 0.265. The maximum absolute atomic E-state index is 4.19. The molecule has 0 N–H and O–H groups in total. The number of aromatic nitrogens is 2. The molecular weight excluding hydrogens is 371 g/mol. The molecule has 0 saturated carbocycles. The summed E-state index contributed by atoms with van der Waals surface area (Å²) < 4.78 is 1.42. The van der Waals surface area contributed by atoms with Crippen molar-refractivity contribution in [3.63, 3.8) is 0 Å². The van der Waals surface area contributed by atoms with Crippen LogP contribution in [0.5, 0.6) is 0 Å². The number of allylic oxidation sites excluding steroid dienone is 4. The minimum atomic E-state index is 0.265. The van der Waals surface area contributed by atoms with E-state index in [1.807, 2.05) is 36.4 Å². The van der Waals surface area contributed by atoms with Crippen LogP contribution in [0.15, 0.2) is 69.7 Å². The number of hydrogen-bond donors (Lipinski definition) is 0. The predicted molar refractivity (Wildman–Crippen MR) is 92.3 cm³/mol. The van der Waals surface area contributed by atoms with Crippen LogP contribution in [0.3, 0.4) is 0 Å². The quantitative estimate of drug-likeness (QED) is 0.612. The van der Waals surface area contributed by atoms with Gasteiger partial charge in [0.05, 0.1) is 11.4 Å². The Labute approximate surface area is 149 Å². The smallest absolute Gasteiger partial charge is 0.0886 e. The average molecular weight is 394 g/mol. The Morgan fingerprint density at radius 1 is 0.783 bits per heavy atom. The topological polar surface area (TPSA) is 25.8 Å². The van der Waals surface area contributed by atoms with E-state index in [1.54, 1.807) is 12.4 Å². The zero-order valence-corrected chi connectivity index (χ0v) is 16.0. The van der Waals surface area contributed by atoms with Gasteiger partial charge in [0.2, 0.25) is 0 Å². The van der Waals surface area contributed by atoms with Crippen molar-refractivity contribution in [3.8, 4) is 11.4 Å². The summed E-state index contributed by atoms with van der Waals surface area (Å²) in [5, 5.41) is 0. The Hall–Kier alpha value is -1.60. The summed E-state index contributed by atoms with van der Waals surface area (Å²) in [6.45, 7) is 11.2. The van der Waals surface area contributed by atoms with Crippen LogP contribution in [0.2, 0.25) is 0 Å². The number of pyridine rings is 2. The number of hydrogen-bond acceptors (Lipinski definition) is 2. The maximum atomic E-state index is 4.19. The fourth-order valence-electron chi connectivity index (χ4n) is 2.56. The first-order valence-electron chi connectivity index (χ1n) is 7.71. The summed E-state index contributed by atoms with van der Waals surface area (Å²) in [7, 11) is 0. The summed E-state index contributed by atoms with van der Waals surface area (Å²) in [6.07, 6.45) is 3.54. The SMILES string of the molecule is CC1=C(C)C(C)(C)[C]([Rh])=C1C.c1ccc(-c2ccccn2)nc1. The number of nitrogens with zero attached hydrogens (tertiary/aromatic N) is 2. The third-order valence-electron chi connectivity index (χ3n) is 4.49. The van der Waals surface area contributed by atoms with Gasteiger partial charge < -0.3 is 0 Å². The fraction of sp³-hybridized carbons (Fsp3) is 0.300. The molecule has 122 valence electrons. The second-order valence-corrected chi connectivity index (χ2v) is 7.04. The van der Waals surface area contributed by atoms with Crippen molar-refractivity contribution in [1.29, 1.82) is 0 Å². The summed E-state index contributed by atoms with van der Waals surface area (Å²) >= 11 is 3.07. The molecule has 3 rings (SSSR count). The van der Waals surface area contributed by atoms with Gasteiger partial charge in [-0.1, -0.05) is 12.1 Å². The van der Waals surface area contributed by atoms with Crippen LogP contribution in [-0.2, 0) is 18.3 Å². The van der Waals surface area contributed by atoms with E-state index in [9.17, 15) is 0 Å². The first-order valence-corrected chi connectivity index (χ1v) is 8.53. The molecule has 0 bridgehead atoms. The molecule has 0 unspecified atom stereocenters. The molecule has 2 heterocycles. The van der Waals surface area contributed by atoms with Crippen LogP contribution in [0.1, 0.15) is 34.6 Å². The molecule has 0 aliphatic heterocycles. The molecular formula is C20H23N2Rh. The van der Waals surface area contributed by atoms with Crippen LogP contribution in [0.4, 0.5) is 0 Å². The van der Waals surface area contributed by atoms with Gasteiger partial charge in [-0.05, 0) is 24.3 Å². The molecule has 2 aromatic heterocycles. The van der Waals surface area contributed by atoms with Crippen molar-refractivity contribution in [1.82, 2.24) is 9.97 Å². The monoisotopic (exact) mass is 394 g/mol. The van der Waals surface area contributed by atoms with E-state index >= 15 is 0 Å². The summed E-state index contributed by atoms with van der Waals surface area (Å²) in [5.74, 6) is 0. The van der Waals surface area contributed by atoms with Gasteiger partial charge in [0.15, 0.2) is 0 Å². The van der Waals surface area contributed by atoms with Crippen LogP contribution in [0, 0.1) is 5.41 Å². The van der Waals surface area contributed by atoms with Crippen LogP contribution in [-0.4, -0.2) is 9.97 Å². The summed E-state index contributed by atoms with van der Waals surface area (Å²) in [6, 6.07) is 11.6. The maximum Gasteiger partial charge on any atom is 0.0886 e. The largest absolute Gasteiger partial charge is 0.255 e. The molecule has 0 atom stereocenters. The molecule has 0 aromatic carbocycles. The molecule has 1 aliphatic rings. The van der Waals surface area contributed by atoms with E-state index in [1.165, 1.54) is 20.9 Å². The van der Waals surface area contributed by atoms with Gasteiger partial charge in [0, 0.05) is 12.4 Å². The van der Waals surface area contributed by atoms with Crippen LogP contribution in [0.25, 0.3) is 11.4 Å². The van der Waals surface area contributed by atoms with Crippen molar-refractivity contribution in [2.45, 2.75) is 34.6 Å². The Kier molecular flexibility index (Phi) is 5.65. The summed E-state index contributed by atoms with van der Waals surface area (Å²) in [5.41, 5.74) is 6.51. The Bertz CT molecular complexity index is 665. The van der Waals surface area contributed by atoms with Gasteiger partial charge >= 0.3 is 79.2 Å². The van der Waals surface area contributed by atoms with E-state index in [0.717, 1.165) is 11.4 Å². The normalized spacial score (nSPS) is 16.3. The predicted octanol–water partition coefficient (Wildman–Crippen LogP) is 5.33. The summed E-state index contributed by atoms with van der Waals surface area (Å²) in [4.78, 5) is 8.37. The number of rotatable bonds is 1. The Morgan fingerprint density at radius 2 is 1.26 bits per heavy atom. The van der Waals surface area contributed by atoms with Gasteiger partial charge in [-0.15, -0.1) is 0 Å². The minimum Gasteiger partial charge on any atom is -0.255 e. The molecule has 0 amide bonds. The Balaban J connectivity index is 0.000000168. The standard InChI is InChI=1S/C10H8N2.C10H15.Rh/c1-3-7-11-9(5-1)10-6-2-4-8-12-10;1-7-6-10(4,5)9(3)8(7)2;/h1-8H;1-5H3;. The molecule has 0 spiro atoms. The third-order valence-corrected chi connectivity index (χ3v) is 6.13. The van der Waals surface area contributed by atoms with Crippen molar-refractivity contribution in [3.05, 3.63) is 69.7 Å². The van der Waals surface area contributed by atoms with Crippen molar-refractivity contribution < 1.29 is 18.3 Å². The van der Waals surface area contributed by atoms with Gasteiger partial charge in [-0.3, -0.25) is 9.97 Å². The molecule has 0 fully saturated rings. The average Bonchev–Trinajstić information content (AvgIpc) is 2.72. The van der Waals surface area contributed by atoms with Crippen molar-refractivity contribution in [2.75, 3.05) is 0 Å². The zero-order chi connectivity index (χ0) is 17.0. The molecule has 3 heteroatoms. The molecule has 2 nitrogen and oxygen atoms in total. The van der Waals surface area contributed by atoms with Gasteiger partial charge in [-0.25, -0.2) is 0 Å².